The normalized spacial score (nSPS) is 17.5. The van der Waals surface area contributed by atoms with Gasteiger partial charge >= 0.3 is 0 Å². The van der Waals surface area contributed by atoms with Crippen LogP contribution in [0, 0.1) is 17.8 Å². The summed E-state index contributed by atoms with van der Waals surface area (Å²) in [4.78, 5) is 0. The first-order chi connectivity index (χ1) is 13.2. The highest BCUT2D eigenvalue weighted by Crippen LogP contribution is 2.58. The van der Waals surface area contributed by atoms with E-state index in [4.69, 9.17) is 6.42 Å². The number of unbranched alkanes of at least 4 members (excludes halogenated alkanes) is 1. The first-order valence-corrected chi connectivity index (χ1v) is 10.2. The summed E-state index contributed by atoms with van der Waals surface area (Å²) in [5.74, 6) is 3.26. The fourth-order valence-corrected chi connectivity index (χ4v) is 5.35. The summed E-state index contributed by atoms with van der Waals surface area (Å²) in [7, 11) is 0. The Morgan fingerprint density at radius 3 is 2.26 bits per heavy atom. The Kier molecular flexibility index (Phi) is 4.79. The van der Waals surface area contributed by atoms with E-state index in [9.17, 15) is 0 Å². The zero-order chi connectivity index (χ0) is 18.9. The third-order valence-corrected chi connectivity index (χ3v) is 6.59. The van der Waals surface area contributed by atoms with Crippen LogP contribution in [0.1, 0.15) is 63.0 Å². The van der Waals surface area contributed by atoms with Crippen molar-refractivity contribution in [1.29, 1.82) is 0 Å². The van der Waals surface area contributed by atoms with Gasteiger partial charge in [0.1, 0.15) is 0 Å². The molecule has 0 N–H and O–H groups in total. The molecule has 27 heavy (non-hydrogen) atoms. The molecule has 0 amide bonds. The van der Waals surface area contributed by atoms with Crippen LogP contribution in [0.15, 0.2) is 71.8 Å². The molecule has 0 heteroatoms. The second-order valence-corrected chi connectivity index (χ2v) is 8.05. The summed E-state index contributed by atoms with van der Waals surface area (Å²) in [5, 5.41) is 0. The van der Waals surface area contributed by atoms with Crippen LogP contribution in [0.25, 0.3) is 11.1 Å². The minimum atomic E-state index is 0.0917. The van der Waals surface area contributed by atoms with Gasteiger partial charge in [-0.15, -0.1) is 12.3 Å². The lowest BCUT2D eigenvalue weighted by Gasteiger charge is -2.40. The van der Waals surface area contributed by atoms with Gasteiger partial charge in [-0.3, -0.25) is 0 Å². The van der Waals surface area contributed by atoms with Gasteiger partial charge in [0.05, 0.1) is 0 Å². The van der Waals surface area contributed by atoms with Gasteiger partial charge in [-0.1, -0.05) is 80.1 Å². The highest BCUT2D eigenvalue weighted by molar-refractivity contribution is 5.79. The molecule has 0 heterocycles. The fraction of sp³-hybridized carbons (Fsp3) is 0.333. The molecule has 0 nitrogen and oxygen atoms in total. The van der Waals surface area contributed by atoms with E-state index < -0.39 is 0 Å². The number of allylic oxidation sites excluding steroid dienone is 4. The molecule has 0 aliphatic heterocycles. The number of terminal acetylenes is 1. The van der Waals surface area contributed by atoms with E-state index in [1.807, 2.05) is 0 Å². The van der Waals surface area contributed by atoms with Gasteiger partial charge in [0.2, 0.25) is 0 Å². The van der Waals surface area contributed by atoms with E-state index in [1.165, 1.54) is 27.8 Å². The molecule has 2 aliphatic rings. The maximum Gasteiger partial charge on any atom is 0.0193 e. The summed E-state index contributed by atoms with van der Waals surface area (Å²) in [5.41, 5.74) is 9.03. The molecule has 0 bridgehead atoms. The average Bonchev–Trinajstić information content (AvgIpc) is 3.31. The highest BCUT2D eigenvalue weighted by atomic mass is 14.5. The van der Waals surface area contributed by atoms with Crippen molar-refractivity contribution in [2.75, 3.05) is 0 Å². The number of rotatable bonds is 6. The van der Waals surface area contributed by atoms with Crippen molar-refractivity contribution in [2.24, 2.45) is 5.41 Å². The van der Waals surface area contributed by atoms with E-state index >= 15 is 0 Å². The van der Waals surface area contributed by atoms with Crippen molar-refractivity contribution in [1.82, 2.24) is 0 Å². The van der Waals surface area contributed by atoms with Gasteiger partial charge < -0.3 is 0 Å². The third kappa shape index (κ3) is 2.87. The summed E-state index contributed by atoms with van der Waals surface area (Å²) in [6.07, 6.45) is 15.5. The van der Waals surface area contributed by atoms with Crippen molar-refractivity contribution >= 4 is 0 Å². The Hall–Kier alpha value is -2.52. The Bertz CT molecular complexity index is 904. The van der Waals surface area contributed by atoms with Crippen LogP contribution >= 0.6 is 0 Å². The monoisotopic (exact) mass is 352 g/mol. The van der Waals surface area contributed by atoms with Gasteiger partial charge in [-0.25, -0.2) is 0 Å². The molecular weight excluding hydrogens is 324 g/mol. The summed E-state index contributed by atoms with van der Waals surface area (Å²) >= 11 is 0. The topological polar surface area (TPSA) is 0 Å². The first-order valence-electron chi connectivity index (χ1n) is 10.2. The maximum absolute atomic E-state index is 5.60. The average molecular weight is 353 g/mol. The standard InChI is InChI=1S/C27H28/c1-4-6-11-19-27(3,25-18-12-13-20(25)5-2)26-23-16-9-7-14-21(23)22-15-8-10-17-24(22)26/h1,7-10,12-17,26H,5-6,11,18-19H2,2-3H3. The van der Waals surface area contributed by atoms with Gasteiger partial charge in [-0.05, 0) is 53.5 Å². The summed E-state index contributed by atoms with van der Waals surface area (Å²) in [6.45, 7) is 4.77. The van der Waals surface area contributed by atoms with Gasteiger partial charge in [0.15, 0.2) is 0 Å². The highest BCUT2D eigenvalue weighted by Gasteiger charge is 2.44. The molecule has 136 valence electrons. The first kappa shape index (κ1) is 17.9. The van der Waals surface area contributed by atoms with Gasteiger partial charge in [-0.2, -0.15) is 0 Å². The lowest BCUT2D eigenvalue weighted by atomic mass is 9.63. The molecule has 0 fully saturated rings. The number of hydrogen-bond acceptors (Lipinski definition) is 0. The molecule has 0 spiro atoms. The Morgan fingerprint density at radius 1 is 1.04 bits per heavy atom. The van der Waals surface area contributed by atoms with Crippen molar-refractivity contribution in [3.05, 3.63) is 83.0 Å². The molecule has 0 saturated heterocycles. The Labute approximate surface area is 164 Å². The van der Waals surface area contributed by atoms with E-state index in [0.717, 1.165) is 32.1 Å². The second-order valence-electron chi connectivity index (χ2n) is 8.05. The molecule has 4 rings (SSSR count). The molecule has 0 aromatic heterocycles. The quantitative estimate of drug-likeness (QED) is 0.378. The molecule has 1 unspecified atom stereocenters. The maximum atomic E-state index is 5.60. The minimum Gasteiger partial charge on any atom is -0.120 e. The lowest BCUT2D eigenvalue weighted by Crippen LogP contribution is -2.28. The van der Waals surface area contributed by atoms with Crippen LogP contribution in [0.5, 0.6) is 0 Å². The molecule has 0 radical (unpaired) electrons. The third-order valence-electron chi connectivity index (χ3n) is 6.59. The van der Waals surface area contributed by atoms with Crippen LogP contribution in [-0.4, -0.2) is 0 Å². The largest absolute Gasteiger partial charge is 0.120 e. The Balaban J connectivity index is 1.89. The number of benzene rings is 2. The summed E-state index contributed by atoms with van der Waals surface area (Å²) < 4.78 is 0. The second kappa shape index (κ2) is 7.24. The molecule has 2 aromatic rings. The van der Waals surface area contributed by atoms with E-state index in [-0.39, 0.29) is 5.41 Å². The van der Waals surface area contributed by atoms with Crippen molar-refractivity contribution < 1.29 is 0 Å². The van der Waals surface area contributed by atoms with Crippen LogP contribution in [0.4, 0.5) is 0 Å². The zero-order valence-electron chi connectivity index (χ0n) is 16.5. The van der Waals surface area contributed by atoms with Crippen LogP contribution in [-0.2, 0) is 0 Å². The van der Waals surface area contributed by atoms with Crippen molar-refractivity contribution in [2.45, 2.75) is 51.9 Å². The van der Waals surface area contributed by atoms with Gasteiger partial charge in [0, 0.05) is 17.8 Å². The molecule has 2 aliphatic carbocycles. The lowest BCUT2D eigenvalue weighted by molar-refractivity contribution is 0.309. The fourth-order valence-electron chi connectivity index (χ4n) is 5.35. The van der Waals surface area contributed by atoms with Crippen molar-refractivity contribution in [3.8, 4) is 23.5 Å². The van der Waals surface area contributed by atoms with E-state index in [2.05, 4.69) is 80.5 Å². The smallest absolute Gasteiger partial charge is 0.0193 e. The van der Waals surface area contributed by atoms with Crippen LogP contribution < -0.4 is 0 Å². The van der Waals surface area contributed by atoms with E-state index in [0.29, 0.717) is 5.92 Å². The van der Waals surface area contributed by atoms with E-state index in [1.54, 1.807) is 5.57 Å². The predicted octanol–water partition coefficient (Wildman–Crippen LogP) is 7.28. The Morgan fingerprint density at radius 2 is 1.67 bits per heavy atom. The summed E-state index contributed by atoms with van der Waals surface area (Å²) in [6, 6.07) is 18.0. The van der Waals surface area contributed by atoms with Crippen LogP contribution in [0.2, 0.25) is 0 Å². The van der Waals surface area contributed by atoms with Gasteiger partial charge in [0.25, 0.3) is 0 Å². The number of fused-ring (bicyclic) bond motifs is 3. The van der Waals surface area contributed by atoms with Crippen molar-refractivity contribution in [3.63, 3.8) is 0 Å². The van der Waals surface area contributed by atoms with Crippen LogP contribution in [0.3, 0.4) is 0 Å². The zero-order valence-corrected chi connectivity index (χ0v) is 16.5. The molecule has 0 saturated carbocycles. The number of hydrogen-bond donors (Lipinski definition) is 0. The molecule has 1 atom stereocenters. The predicted molar refractivity (Wildman–Crippen MR) is 116 cm³/mol. The SMILES string of the molecule is C#CCCCC(C)(C1=C(CC)C=CC1)C1c2ccccc2-c2ccccc21. The molecule has 2 aromatic carbocycles. The molecular formula is C27H28. The minimum absolute atomic E-state index is 0.0917.